The fourth-order valence-corrected chi connectivity index (χ4v) is 2.41. The van der Waals surface area contributed by atoms with E-state index in [0.717, 1.165) is 12.8 Å². The third-order valence-corrected chi connectivity index (χ3v) is 4.15. The summed E-state index contributed by atoms with van der Waals surface area (Å²) in [7, 11) is 0. The van der Waals surface area contributed by atoms with Gasteiger partial charge < -0.3 is 25.5 Å². The summed E-state index contributed by atoms with van der Waals surface area (Å²) in [5.74, 6) is -2.44. The predicted molar refractivity (Wildman–Crippen MR) is 105 cm³/mol. The van der Waals surface area contributed by atoms with Crippen molar-refractivity contribution in [2.45, 2.75) is 96.2 Å². The fraction of sp³-hybridized carbons (Fsp3) is 0.800. The van der Waals surface area contributed by atoms with Gasteiger partial charge in [0.2, 0.25) is 0 Å². The molecule has 0 radical (unpaired) electrons. The summed E-state index contributed by atoms with van der Waals surface area (Å²) in [6.45, 7) is 4.90. The lowest BCUT2D eigenvalue weighted by atomic mass is 10.0. The Kier molecular flexibility index (Phi) is 19.9. The molecule has 0 amide bonds. The van der Waals surface area contributed by atoms with Gasteiger partial charge in [0.1, 0.15) is 6.10 Å². The number of aliphatic hydroxyl groups excluding tert-OH is 3. The maximum atomic E-state index is 9.87. The maximum absolute atomic E-state index is 9.87. The molecule has 160 valence electrons. The molecule has 0 aliphatic carbocycles. The number of carboxylic acids is 2. The molecule has 2 atom stereocenters. The van der Waals surface area contributed by atoms with Gasteiger partial charge in [-0.15, -0.1) is 0 Å². The maximum Gasteiger partial charge on any atom is 0.331 e. The average molecular weight is 391 g/mol. The highest BCUT2D eigenvalue weighted by molar-refractivity contribution is 5.91. The van der Waals surface area contributed by atoms with Crippen LogP contribution in [-0.2, 0) is 9.59 Å². The summed E-state index contributed by atoms with van der Waals surface area (Å²) in [4.78, 5) is 19.7. The molecule has 0 rings (SSSR count). The summed E-state index contributed by atoms with van der Waals surface area (Å²) < 4.78 is 0. The van der Waals surface area contributed by atoms with Crippen molar-refractivity contribution in [3.63, 3.8) is 0 Å². The Morgan fingerprint density at radius 2 is 1.26 bits per heavy atom. The van der Waals surface area contributed by atoms with Crippen LogP contribution >= 0.6 is 0 Å². The van der Waals surface area contributed by atoms with Crippen molar-refractivity contribution in [2.24, 2.45) is 0 Å². The van der Waals surface area contributed by atoms with Gasteiger partial charge in [-0.3, -0.25) is 4.79 Å². The summed E-state index contributed by atoms with van der Waals surface area (Å²) in [6, 6.07) is 0. The van der Waals surface area contributed by atoms with Crippen molar-refractivity contribution in [1.82, 2.24) is 0 Å². The highest BCUT2D eigenvalue weighted by atomic mass is 16.4. The molecule has 0 aliphatic heterocycles. The molecule has 5 N–H and O–H groups in total. The number of unbranched alkanes of at least 4 members (excludes halogenated alkanes) is 9. The Morgan fingerprint density at radius 1 is 0.815 bits per heavy atom. The Balaban J connectivity index is 0. The van der Waals surface area contributed by atoms with Crippen LogP contribution in [0.4, 0.5) is 0 Å². The molecule has 0 aromatic carbocycles. The number of hydrogen-bond acceptors (Lipinski definition) is 5. The molecule has 7 heteroatoms. The van der Waals surface area contributed by atoms with Gasteiger partial charge in [-0.1, -0.05) is 77.7 Å². The normalized spacial score (nSPS) is 12.6. The van der Waals surface area contributed by atoms with E-state index < -0.39 is 30.6 Å². The van der Waals surface area contributed by atoms with Crippen LogP contribution in [0.2, 0.25) is 0 Å². The van der Waals surface area contributed by atoms with Crippen LogP contribution < -0.4 is 0 Å². The number of carboxylic acid groups (broad SMARTS) is 2. The zero-order chi connectivity index (χ0) is 21.1. The van der Waals surface area contributed by atoms with E-state index in [1.165, 1.54) is 51.4 Å². The molecular formula is C20H38O7. The van der Waals surface area contributed by atoms with E-state index in [-0.39, 0.29) is 12.2 Å². The van der Waals surface area contributed by atoms with Crippen molar-refractivity contribution >= 4 is 11.9 Å². The standard InChI is InChI=1S/C15H32O3.C5H6O4/c1-2-3-4-5-6-7-8-9-10-11-12-14(17)15(18)13-16;1-3(5(8)9)2-4(6)7/h14-18H,2-13H2,1H3;1-2H2,(H,6,7)(H,8,9). The Morgan fingerprint density at radius 3 is 1.59 bits per heavy atom. The third kappa shape index (κ3) is 20.7. The summed E-state index contributed by atoms with van der Waals surface area (Å²) in [5.41, 5.74) is -0.303. The number of rotatable bonds is 16. The first-order valence-corrected chi connectivity index (χ1v) is 9.86. The van der Waals surface area contributed by atoms with E-state index in [4.69, 9.17) is 20.4 Å². The average Bonchev–Trinajstić information content (AvgIpc) is 2.62. The molecule has 0 saturated carbocycles. The second kappa shape index (κ2) is 19.3. The summed E-state index contributed by atoms with van der Waals surface area (Å²) in [6.07, 6.45) is 11.0. The first-order valence-electron chi connectivity index (χ1n) is 9.86. The Bertz CT molecular complexity index is 396. The number of hydrogen-bond donors (Lipinski definition) is 5. The molecule has 0 aromatic rings. The van der Waals surface area contributed by atoms with E-state index in [9.17, 15) is 14.7 Å². The van der Waals surface area contributed by atoms with Crippen molar-refractivity contribution in [2.75, 3.05) is 6.61 Å². The minimum Gasteiger partial charge on any atom is -0.481 e. The van der Waals surface area contributed by atoms with E-state index in [1.54, 1.807) is 0 Å². The smallest absolute Gasteiger partial charge is 0.331 e. The van der Waals surface area contributed by atoms with Crippen molar-refractivity contribution in [1.29, 1.82) is 0 Å². The summed E-state index contributed by atoms with van der Waals surface area (Å²) >= 11 is 0. The molecule has 0 fully saturated rings. The van der Waals surface area contributed by atoms with Gasteiger partial charge in [-0.05, 0) is 6.42 Å². The first kappa shape index (κ1) is 27.8. The van der Waals surface area contributed by atoms with Gasteiger partial charge >= 0.3 is 11.9 Å². The summed E-state index contributed by atoms with van der Waals surface area (Å²) in [5, 5.41) is 43.3. The largest absolute Gasteiger partial charge is 0.481 e. The van der Waals surface area contributed by atoms with Gasteiger partial charge in [0, 0.05) is 5.57 Å². The van der Waals surface area contributed by atoms with Gasteiger partial charge in [-0.2, -0.15) is 0 Å². The number of carbonyl (C=O) groups is 2. The van der Waals surface area contributed by atoms with Gasteiger partial charge in [-0.25, -0.2) is 4.79 Å². The molecule has 7 nitrogen and oxygen atoms in total. The first-order chi connectivity index (χ1) is 12.8. The molecular weight excluding hydrogens is 352 g/mol. The van der Waals surface area contributed by atoms with Crippen LogP contribution in [0.15, 0.2) is 12.2 Å². The fourth-order valence-electron chi connectivity index (χ4n) is 2.41. The predicted octanol–water partition coefficient (Wildman–Crippen LogP) is 3.11. The molecule has 2 unspecified atom stereocenters. The highest BCUT2D eigenvalue weighted by Gasteiger charge is 2.13. The quantitative estimate of drug-likeness (QED) is 0.202. The molecule has 0 heterocycles. The minimum atomic E-state index is -1.27. The number of aliphatic carboxylic acids is 2. The van der Waals surface area contributed by atoms with E-state index in [2.05, 4.69) is 13.5 Å². The van der Waals surface area contributed by atoms with E-state index >= 15 is 0 Å². The second-order valence-electron chi connectivity index (χ2n) is 6.77. The zero-order valence-corrected chi connectivity index (χ0v) is 16.6. The van der Waals surface area contributed by atoms with Crippen molar-refractivity contribution < 1.29 is 35.1 Å². The lowest BCUT2D eigenvalue weighted by Gasteiger charge is -2.14. The topological polar surface area (TPSA) is 135 Å². The Labute approximate surface area is 162 Å². The third-order valence-electron chi connectivity index (χ3n) is 4.15. The monoisotopic (exact) mass is 390 g/mol. The molecule has 0 aromatic heterocycles. The molecule has 0 bridgehead atoms. The molecule has 0 saturated heterocycles. The molecule has 0 aliphatic rings. The van der Waals surface area contributed by atoms with Crippen LogP contribution in [0.5, 0.6) is 0 Å². The zero-order valence-electron chi connectivity index (χ0n) is 16.6. The SMILES string of the molecule is C=C(CC(=O)O)C(=O)O.CCCCCCCCCCCCC(O)C(O)CO. The molecule has 0 spiro atoms. The van der Waals surface area contributed by atoms with Gasteiger partial charge in [0.05, 0.1) is 19.1 Å². The van der Waals surface area contributed by atoms with Crippen LogP contribution in [0.1, 0.15) is 84.0 Å². The van der Waals surface area contributed by atoms with Crippen molar-refractivity contribution in [3.05, 3.63) is 12.2 Å². The van der Waals surface area contributed by atoms with Crippen LogP contribution in [-0.4, -0.2) is 56.3 Å². The lowest BCUT2D eigenvalue weighted by molar-refractivity contribution is -0.139. The lowest BCUT2D eigenvalue weighted by Crippen LogP contribution is -2.28. The molecule has 27 heavy (non-hydrogen) atoms. The highest BCUT2D eigenvalue weighted by Crippen LogP contribution is 2.12. The van der Waals surface area contributed by atoms with Crippen LogP contribution in [0.25, 0.3) is 0 Å². The van der Waals surface area contributed by atoms with Crippen molar-refractivity contribution in [3.8, 4) is 0 Å². The van der Waals surface area contributed by atoms with Crippen LogP contribution in [0, 0.1) is 0 Å². The number of aliphatic hydroxyl groups is 3. The van der Waals surface area contributed by atoms with Gasteiger partial charge in [0.15, 0.2) is 0 Å². The minimum absolute atomic E-state index is 0.303. The van der Waals surface area contributed by atoms with Crippen LogP contribution in [0.3, 0.4) is 0 Å². The van der Waals surface area contributed by atoms with E-state index in [0.29, 0.717) is 6.42 Å². The second-order valence-corrected chi connectivity index (χ2v) is 6.77. The Hall–Kier alpha value is -1.44. The van der Waals surface area contributed by atoms with E-state index in [1.807, 2.05) is 0 Å². The van der Waals surface area contributed by atoms with Gasteiger partial charge in [0.25, 0.3) is 0 Å².